The molecular weight excluding hydrogens is 371 g/mol. The van der Waals surface area contributed by atoms with Gasteiger partial charge in [-0.15, -0.1) is 0 Å². The number of pyridine rings is 1. The standard InChI is InChI=1S/C14H11IN2O3/c15-10-3-1-9(2-4-10)14(20)17-12-6-5-11(16-8-12)7-13(18)19/h1-6,8H,7H2,(H,17,20)(H,18,19). The van der Waals surface area contributed by atoms with Gasteiger partial charge in [-0.25, -0.2) is 0 Å². The predicted molar refractivity (Wildman–Crippen MR) is 82.7 cm³/mol. The molecule has 102 valence electrons. The Morgan fingerprint density at radius 3 is 2.40 bits per heavy atom. The normalized spacial score (nSPS) is 10.1. The predicted octanol–water partition coefficient (Wildman–Crippen LogP) is 2.57. The van der Waals surface area contributed by atoms with Gasteiger partial charge >= 0.3 is 5.97 Å². The van der Waals surface area contributed by atoms with Gasteiger partial charge in [-0.1, -0.05) is 0 Å². The molecule has 2 aromatic rings. The first kappa shape index (κ1) is 14.4. The fourth-order valence-electron chi connectivity index (χ4n) is 1.56. The van der Waals surface area contributed by atoms with E-state index in [1.54, 1.807) is 24.3 Å². The minimum absolute atomic E-state index is 0.134. The van der Waals surface area contributed by atoms with E-state index in [1.165, 1.54) is 6.20 Å². The SMILES string of the molecule is O=C(O)Cc1ccc(NC(=O)c2ccc(I)cc2)cn1. The van der Waals surface area contributed by atoms with Gasteiger partial charge in [-0.3, -0.25) is 14.6 Å². The van der Waals surface area contributed by atoms with Crippen molar-refractivity contribution in [3.8, 4) is 0 Å². The fourth-order valence-corrected chi connectivity index (χ4v) is 1.92. The third-order valence-corrected chi connectivity index (χ3v) is 3.24. The summed E-state index contributed by atoms with van der Waals surface area (Å²) in [4.78, 5) is 26.5. The van der Waals surface area contributed by atoms with Gasteiger partial charge in [-0.05, 0) is 59.0 Å². The van der Waals surface area contributed by atoms with Gasteiger partial charge in [0.25, 0.3) is 5.91 Å². The first-order valence-corrected chi connectivity index (χ1v) is 6.86. The van der Waals surface area contributed by atoms with Gasteiger partial charge in [0, 0.05) is 9.13 Å². The summed E-state index contributed by atoms with van der Waals surface area (Å²) in [6, 6.07) is 10.4. The molecule has 5 nitrogen and oxygen atoms in total. The molecule has 1 heterocycles. The highest BCUT2D eigenvalue weighted by Gasteiger charge is 2.07. The number of nitrogens with one attached hydrogen (secondary N) is 1. The lowest BCUT2D eigenvalue weighted by molar-refractivity contribution is -0.136. The van der Waals surface area contributed by atoms with Gasteiger partial charge in [0.15, 0.2) is 0 Å². The Balaban J connectivity index is 2.04. The van der Waals surface area contributed by atoms with Crippen LogP contribution < -0.4 is 5.32 Å². The monoisotopic (exact) mass is 382 g/mol. The smallest absolute Gasteiger partial charge is 0.309 e. The third kappa shape index (κ3) is 4.02. The molecule has 0 atom stereocenters. The van der Waals surface area contributed by atoms with Gasteiger partial charge in [-0.2, -0.15) is 0 Å². The summed E-state index contributed by atoms with van der Waals surface area (Å²) in [5.74, 6) is -1.16. The van der Waals surface area contributed by atoms with Gasteiger partial charge in [0.2, 0.25) is 0 Å². The summed E-state index contributed by atoms with van der Waals surface area (Å²) in [7, 11) is 0. The molecule has 0 saturated heterocycles. The van der Waals surface area contributed by atoms with Crippen molar-refractivity contribution in [1.29, 1.82) is 0 Å². The Kier molecular flexibility index (Phi) is 4.67. The number of amides is 1. The highest BCUT2D eigenvalue weighted by molar-refractivity contribution is 14.1. The van der Waals surface area contributed by atoms with Gasteiger partial charge in [0.05, 0.1) is 24.0 Å². The van der Waals surface area contributed by atoms with Crippen LogP contribution in [0.2, 0.25) is 0 Å². The largest absolute Gasteiger partial charge is 0.481 e. The molecule has 0 bridgehead atoms. The maximum absolute atomic E-state index is 12.0. The zero-order valence-electron chi connectivity index (χ0n) is 10.3. The van der Waals surface area contributed by atoms with Crippen LogP contribution >= 0.6 is 22.6 Å². The lowest BCUT2D eigenvalue weighted by Gasteiger charge is -2.05. The number of carboxylic acids is 1. The molecule has 1 amide bonds. The van der Waals surface area contributed by atoms with Crippen LogP contribution in [0.1, 0.15) is 16.1 Å². The quantitative estimate of drug-likeness (QED) is 0.797. The molecule has 1 aromatic carbocycles. The molecule has 6 heteroatoms. The van der Waals surface area contributed by atoms with Crippen LogP contribution in [0.3, 0.4) is 0 Å². The van der Waals surface area contributed by atoms with E-state index < -0.39 is 5.97 Å². The minimum Gasteiger partial charge on any atom is -0.481 e. The summed E-state index contributed by atoms with van der Waals surface area (Å²) < 4.78 is 1.05. The lowest BCUT2D eigenvalue weighted by Crippen LogP contribution is -2.12. The van der Waals surface area contributed by atoms with Crippen molar-refractivity contribution in [3.63, 3.8) is 0 Å². The summed E-state index contributed by atoms with van der Waals surface area (Å²) >= 11 is 2.17. The van der Waals surface area contributed by atoms with E-state index in [9.17, 15) is 9.59 Å². The maximum atomic E-state index is 12.0. The Bertz CT molecular complexity index is 624. The molecule has 0 aliphatic rings. The zero-order chi connectivity index (χ0) is 14.5. The molecule has 0 aliphatic heterocycles. The second kappa shape index (κ2) is 6.47. The zero-order valence-corrected chi connectivity index (χ0v) is 12.5. The maximum Gasteiger partial charge on any atom is 0.309 e. The number of nitrogens with zero attached hydrogens (tertiary/aromatic N) is 1. The Hall–Kier alpha value is -1.96. The summed E-state index contributed by atoms with van der Waals surface area (Å²) in [5, 5.41) is 11.3. The number of aliphatic carboxylic acids is 1. The van der Waals surface area contributed by atoms with Crippen LogP contribution in [0.15, 0.2) is 42.6 Å². The van der Waals surface area contributed by atoms with Crippen LogP contribution in [0.4, 0.5) is 5.69 Å². The Labute approximate surface area is 129 Å². The average Bonchev–Trinajstić information content (AvgIpc) is 2.41. The van der Waals surface area contributed by atoms with E-state index in [0.717, 1.165) is 3.57 Å². The number of carbonyl (C=O) groups is 2. The van der Waals surface area contributed by atoms with Crippen molar-refractivity contribution in [1.82, 2.24) is 4.98 Å². The van der Waals surface area contributed by atoms with Gasteiger partial charge in [0.1, 0.15) is 0 Å². The molecular formula is C14H11IN2O3. The highest BCUT2D eigenvalue weighted by atomic mass is 127. The molecule has 0 aliphatic carbocycles. The van der Waals surface area contributed by atoms with E-state index in [2.05, 4.69) is 32.9 Å². The van der Waals surface area contributed by atoms with Crippen molar-refractivity contribution in [2.75, 3.05) is 5.32 Å². The molecule has 1 aromatic heterocycles. The molecule has 0 spiro atoms. The molecule has 0 unspecified atom stereocenters. The second-order valence-corrected chi connectivity index (χ2v) is 5.32. The van der Waals surface area contributed by atoms with Crippen LogP contribution in [-0.2, 0) is 11.2 Å². The summed E-state index contributed by atoms with van der Waals surface area (Å²) in [6.45, 7) is 0. The van der Waals surface area contributed by atoms with E-state index in [4.69, 9.17) is 5.11 Å². The third-order valence-electron chi connectivity index (χ3n) is 2.52. The van der Waals surface area contributed by atoms with Crippen molar-refractivity contribution in [2.45, 2.75) is 6.42 Å². The second-order valence-electron chi connectivity index (χ2n) is 4.07. The first-order chi connectivity index (χ1) is 9.54. The number of benzene rings is 1. The minimum atomic E-state index is -0.937. The topological polar surface area (TPSA) is 79.3 Å². The number of anilines is 1. The molecule has 0 radical (unpaired) electrons. The lowest BCUT2D eigenvalue weighted by atomic mass is 10.2. The summed E-state index contributed by atoms with van der Waals surface area (Å²) in [5.41, 5.74) is 1.53. The Morgan fingerprint density at radius 1 is 1.15 bits per heavy atom. The van der Waals surface area contributed by atoms with E-state index >= 15 is 0 Å². The summed E-state index contributed by atoms with van der Waals surface area (Å²) in [6.07, 6.45) is 1.31. The number of carboxylic acid groups (broad SMARTS) is 1. The molecule has 20 heavy (non-hydrogen) atoms. The number of halogens is 1. The van der Waals surface area contributed by atoms with Crippen molar-refractivity contribution in [3.05, 3.63) is 57.4 Å². The Morgan fingerprint density at radius 2 is 1.85 bits per heavy atom. The molecule has 2 N–H and O–H groups in total. The van der Waals surface area contributed by atoms with Crippen LogP contribution in [0.5, 0.6) is 0 Å². The first-order valence-electron chi connectivity index (χ1n) is 5.78. The highest BCUT2D eigenvalue weighted by Crippen LogP contribution is 2.11. The number of carbonyl (C=O) groups excluding carboxylic acids is 1. The molecule has 2 rings (SSSR count). The molecule has 0 saturated carbocycles. The van der Waals surface area contributed by atoms with Crippen molar-refractivity contribution >= 4 is 40.2 Å². The van der Waals surface area contributed by atoms with Crippen molar-refractivity contribution < 1.29 is 14.7 Å². The number of rotatable bonds is 4. The van der Waals surface area contributed by atoms with Gasteiger partial charge < -0.3 is 10.4 Å². The number of hydrogen-bond acceptors (Lipinski definition) is 3. The number of hydrogen-bond donors (Lipinski definition) is 2. The molecule has 0 fully saturated rings. The van der Waals surface area contributed by atoms with Crippen LogP contribution in [-0.4, -0.2) is 22.0 Å². The van der Waals surface area contributed by atoms with E-state index in [0.29, 0.717) is 16.9 Å². The fraction of sp³-hybridized carbons (Fsp3) is 0.0714. The van der Waals surface area contributed by atoms with Crippen LogP contribution in [0.25, 0.3) is 0 Å². The number of aromatic nitrogens is 1. The average molecular weight is 382 g/mol. The van der Waals surface area contributed by atoms with E-state index in [-0.39, 0.29) is 12.3 Å². The van der Waals surface area contributed by atoms with Crippen molar-refractivity contribution in [2.24, 2.45) is 0 Å². The van der Waals surface area contributed by atoms with Crippen LogP contribution in [0, 0.1) is 3.57 Å². The van der Waals surface area contributed by atoms with E-state index in [1.807, 2.05) is 12.1 Å².